The van der Waals surface area contributed by atoms with Crippen LogP contribution in [0.3, 0.4) is 0 Å². The summed E-state index contributed by atoms with van der Waals surface area (Å²) >= 11 is 0. The Labute approximate surface area is 402 Å². The van der Waals surface area contributed by atoms with E-state index in [1.165, 1.54) is 123 Å². The fourth-order valence-corrected chi connectivity index (χ4v) is 10.9. The van der Waals surface area contributed by atoms with Gasteiger partial charge in [-0.25, -0.2) is 0 Å². The molecule has 0 fully saturated rings. The topological polar surface area (TPSA) is 6.48 Å². The van der Waals surface area contributed by atoms with Crippen LogP contribution in [-0.4, -0.2) is 0 Å². The van der Waals surface area contributed by atoms with Gasteiger partial charge in [-0.3, -0.25) is 0 Å². The molecule has 0 N–H and O–H groups in total. The summed E-state index contributed by atoms with van der Waals surface area (Å²) in [5, 5.41) is 0. The lowest BCUT2D eigenvalue weighted by molar-refractivity contribution is 0.543. The number of anilines is 6. The fourth-order valence-electron chi connectivity index (χ4n) is 10.9. The summed E-state index contributed by atoms with van der Waals surface area (Å²) in [4.78, 5) is 4.83. The molecular weight excluding hydrogens is 809 g/mol. The first kappa shape index (κ1) is 45.5. The quantitative estimate of drug-likeness (QED) is 0.128. The number of benzene rings is 8. The molecule has 0 heterocycles. The number of hydrogen-bond donors (Lipinski definition) is 0. The van der Waals surface area contributed by atoms with E-state index in [0.29, 0.717) is 0 Å². The molecule has 1 aliphatic carbocycles. The lowest BCUT2D eigenvalue weighted by atomic mass is 9.70. The van der Waals surface area contributed by atoms with Gasteiger partial charge in [0.15, 0.2) is 0 Å². The van der Waals surface area contributed by atoms with E-state index in [1.807, 2.05) is 0 Å². The van der Waals surface area contributed by atoms with E-state index in [4.69, 9.17) is 0 Å². The van der Waals surface area contributed by atoms with Crippen molar-refractivity contribution in [2.24, 2.45) is 0 Å². The third-order valence-electron chi connectivity index (χ3n) is 15.4. The maximum atomic E-state index is 2.55. The van der Waals surface area contributed by atoms with Crippen molar-refractivity contribution in [3.05, 3.63) is 236 Å². The normalized spacial score (nSPS) is 14.0. The van der Waals surface area contributed by atoms with E-state index in [2.05, 4.69) is 258 Å². The van der Waals surface area contributed by atoms with Gasteiger partial charge >= 0.3 is 0 Å². The molecule has 0 aromatic heterocycles. The molecule has 2 atom stereocenters. The van der Waals surface area contributed by atoms with Crippen molar-refractivity contribution in [3.63, 3.8) is 0 Å². The van der Waals surface area contributed by atoms with Gasteiger partial charge in [0, 0.05) is 50.9 Å². The van der Waals surface area contributed by atoms with Crippen LogP contribution in [0.5, 0.6) is 0 Å². The average Bonchev–Trinajstić information content (AvgIpc) is 3.55. The first-order valence-corrected chi connectivity index (χ1v) is 24.4. The summed E-state index contributed by atoms with van der Waals surface area (Å²) in [5.41, 5.74) is 28.1. The molecule has 2 heteroatoms. The summed E-state index contributed by atoms with van der Waals surface area (Å²) in [6.07, 6.45) is 0.992. The zero-order valence-electron chi connectivity index (χ0n) is 42.2. The molecule has 2 nitrogen and oxygen atoms in total. The van der Waals surface area contributed by atoms with Gasteiger partial charge in [0.25, 0.3) is 0 Å². The minimum Gasteiger partial charge on any atom is -0.310 e. The second-order valence-electron chi connectivity index (χ2n) is 20.6. The van der Waals surface area contributed by atoms with Crippen LogP contribution in [0.25, 0.3) is 11.1 Å². The Morgan fingerprint density at radius 3 is 1.30 bits per heavy atom. The third kappa shape index (κ3) is 8.20. The number of fused-ring (bicyclic) bond motifs is 3. The molecule has 0 amide bonds. The summed E-state index contributed by atoms with van der Waals surface area (Å²) in [6.45, 7) is 29.8. The lowest BCUT2D eigenvalue weighted by Crippen LogP contribution is -2.25. The van der Waals surface area contributed by atoms with Gasteiger partial charge in [-0.2, -0.15) is 0 Å². The molecule has 67 heavy (non-hydrogen) atoms. The zero-order chi connectivity index (χ0) is 47.5. The van der Waals surface area contributed by atoms with Gasteiger partial charge < -0.3 is 9.80 Å². The SMILES string of the molecule is CCC(C)(c1ccc2c(c1)C(C)(C)c1cc(C(C)c3cc(C)c(N(c4ccc(C)cc4)c4ccc(C)cc4)cc3C)ccc1-2)c1cc(C)c(N(c2ccc(C)cc2)c2ccc(C)cc2)cc1C. The second kappa shape index (κ2) is 17.5. The van der Waals surface area contributed by atoms with E-state index in [-0.39, 0.29) is 16.7 Å². The van der Waals surface area contributed by atoms with E-state index in [0.717, 1.165) is 6.42 Å². The van der Waals surface area contributed by atoms with Gasteiger partial charge in [0.1, 0.15) is 0 Å². The maximum absolute atomic E-state index is 2.55. The highest BCUT2D eigenvalue weighted by atomic mass is 15.1. The van der Waals surface area contributed by atoms with Gasteiger partial charge in [0.05, 0.1) is 0 Å². The van der Waals surface area contributed by atoms with Crippen LogP contribution in [0.15, 0.2) is 158 Å². The van der Waals surface area contributed by atoms with E-state index >= 15 is 0 Å². The molecule has 8 aromatic rings. The smallest absolute Gasteiger partial charge is 0.0493 e. The predicted octanol–water partition coefficient (Wildman–Crippen LogP) is 18.3. The Morgan fingerprint density at radius 1 is 0.448 bits per heavy atom. The highest BCUT2D eigenvalue weighted by molar-refractivity contribution is 5.83. The van der Waals surface area contributed by atoms with Gasteiger partial charge in [-0.1, -0.05) is 154 Å². The van der Waals surface area contributed by atoms with E-state index in [9.17, 15) is 0 Å². The Kier molecular flexibility index (Phi) is 11.9. The molecule has 0 saturated carbocycles. The molecule has 0 spiro atoms. The van der Waals surface area contributed by atoms with Crippen LogP contribution in [-0.2, 0) is 10.8 Å². The molecule has 2 unspecified atom stereocenters. The van der Waals surface area contributed by atoms with E-state index in [1.54, 1.807) is 0 Å². The number of aryl methyl sites for hydroxylation is 8. The van der Waals surface area contributed by atoms with Crippen molar-refractivity contribution in [1.29, 1.82) is 0 Å². The monoisotopic (exact) mass is 877 g/mol. The summed E-state index contributed by atoms with van der Waals surface area (Å²) < 4.78 is 0. The fraction of sp³-hybridized carbons (Fsp3) is 0.262. The second-order valence-corrected chi connectivity index (χ2v) is 20.6. The average molecular weight is 877 g/mol. The van der Waals surface area contributed by atoms with Crippen molar-refractivity contribution < 1.29 is 0 Å². The Balaban J connectivity index is 1.04. The van der Waals surface area contributed by atoms with Crippen LogP contribution >= 0.6 is 0 Å². The third-order valence-corrected chi connectivity index (χ3v) is 15.4. The maximum Gasteiger partial charge on any atom is 0.0493 e. The highest BCUT2D eigenvalue weighted by Gasteiger charge is 2.39. The van der Waals surface area contributed by atoms with Crippen LogP contribution in [0, 0.1) is 55.4 Å². The van der Waals surface area contributed by atoms with Crippen molar-refractivity contribution in [2.45, 2.75) is 113 Å². The number of nitrogens with zero attached hydrogens (tertiary/aromatic N) is 2. The summed E-state index contributed by atoms with van der Waals surface area (Å²) in [7, 11) is 0. The highest BCUT2D eigenvalue weighted by Crippen LogP contribution is 2.52. The van der Waals surface area contributed by atoms with Crippen LogP contribution < -0.4 is 9.80 Å². The molecule has 0 bridgehead atoms. The van der Waals surface area contributed by atoms with Crippen LogP contribution in [0.2, 0.25) is 0 Å². The largest absolute Gasteiger partial charge is 0.310 e. The zero-order valence-corrected chi connectivity index (χ0v) is 42.2. The van der Waals surface area contributed by atoms with Gasteiger partial charge in [0.2, 0.25) is 0 Å². The summed E-state index contributed by atoms with van der Waals surface area (Å²) in [5.74, 6) is 0.228. The standard InChI is InChI=1S/C65H68N2/c1-14-65(13,59-36-48(9)63(38-46(59)7)67(54-29-19-43(4)20-30-54)55-31-21-44(5)22-32-55)51-24-34-57-56-33-23-50(39-60(56)64(11,12)61(57)40-51)49(10)58-35-47(8)62(37-45(58)6)66(52-25-15-41(2)16-26-52)53-27-17-42(3)18-28-53/h15-40,49H,14H2,1-13H3. The number of hydrogen-bond acceptors (Lipinski definition) is 2. The van der Waals surface area contributed by atoms with Crippen LogP contribution in [0.1, 0.15) is 125 Å². The molecule has 0 aliphatic heterocycles. The van der Waals surface area contributed by atoms with Crippen molar-refractivity contribution in [3.8, 4) is 11.1 Å². The van der Waals surface area contributed by atoms with Crippen molar-refractivity contribution >= 4 is 34.1 Å². The Hall–Kier alpha value is -6.64. The molecule has 338 valence electrons. The van der Waals surface area contributed by atoms with Gasteiger partial charge in [-0.15, -0.1) is 0 Å². The molecule has 0 radical (unpaired) electrons. The predicted molar refractivity (Wildman–Crippen MR) is 288 cm³/mol. The lowest BCUT2D eigenvalue weighted by Gasteiger charge is -2.35. The van der Waals surface area contributed by atoms with Crippen LogP contribution in [0.4, 0.5) is 34.1 Å². The Morgan fingerprint density at radius 2 is 0.851 bits per heavy atom. The molecule has 1 aliphatic rings. The first-order valence-electron chi connectivity index (χ1n) is 24.4. The molecule has 9 rings (SSSR count). The van der Waals surface area contributed by atoms with E-state index < -0.39 is 0 Å². The van der Waals surface area contributed by atoms with Crippen molar-refractivity contribution in [2.75, 3.05) is 9.80 Å². The molecule has 8 aromatic carbocycles. The summed E-state index contributed by atoms with van der Waals surface area (Å²) in [6, 6.07) is 60.1. The molecular formula is C65H68N2. The Bertz CT molecular complexity index is 3020. The molecule has 0 saturated heterocycles. The number of rotatable bonds is 11. The van der Waals surface area contributed by atoms with Gasteiger partial charge in [-0.05, 0) is 189 Å². The minimum atomic E-state index is -0.179. The minimum absolute atomic E-state index is 0.153. The first-order chi connectivity index (χ1) is 32.0. The van der Waals surface area contributed by atoms with Crippen molar-refractivity contribution in [1.82, 2.24) is 0 Å².